The lowest BCUT2D eigenvalue weighted by atomic mass is 9.83. The van der Waals surface area contributed by atoms with Crippen LogP contribution in [0.5, 0.6) is 11.5 Å². The summed E-state index contributed by atoms with van der Waals surface area (Å²) in [5.74, 6) is -1.07. The van der Waals surface area contributed by atoms with Crippen LogP contribution in [-0.2, 0) is 14.4 Å². The Morgan fingerprint density at radius 1 is 0.951 bits per heavy atom. The second kappa shape index (κ2) is 11.1. The summed E-state index contributed by atoms with van der Waals surface area (Å²) < 4.78 is 10.8. The first kappa shape index (κ1) is 27.1. The number of fused-ring (bicyclic) bond motifs is 2. The first-order valence-electron chi connectivity index (χ1n) is 12.5. The third-order valence-electron chi connectivity index (χ3n) is 6.89. The van der Waals surface area contributed by atoms with Crippen molar-refractivity contribution in [3.63, 3.8) is 0 Å². The molecule has 0 saturated carbocycles. The van der Waals surface area contributed by atoms with Crippen molar-refractivity contribution in [1.82, 2.24) is 4.98 Å². The Morgan fingerprint density at radius 3 is 2.32 bits per heavy atom. The van der Waals surface area contributed by atoms with Gasteiger partial charge in [-0.05, 0) is 66.2 Å². The number of carbonyl (C=O) groups excluding carboxylic acids is 3. The van der Waals surface area contributed by atoms with Crippen LogP contribution < -0.4 is 24.6 Å². The van der Waals surface area contributed by atoms with Crippen molar-refractivity contribution in [3.05, 3.63) is 97.9 Å². The molecule has 1 fully saturated rings. The molecule has 3 amide bonds. The molecule has 0 aliphatic carbocycles. The number of H-pyrrole nitrogens is 1. The molecule has 2 aliphatic heterocycles. The predicted octanol–water partition coefficient (Wildman–Crippen LogP) is 4.91. The van der Waals surface area contributed by atoms with Gasteiger partial charge in [0.05, 0.1) is 23.7 Å². The molecule has 1 saturated heterocycles. The Balaban J connectivity index is 1.22. The maximum Gasteiger partial charge on any atom is 0.305 e. The summed E-state index contributed by atoms with van der Waals surface area (Å²) in [7, 11) is 1.57. The molecule has 3 heterocycles. The van der Waals surface area contributed by atoms with Crippen LogP contribution in [0.4, 0.5) is 11.4 Å². The summed E-state index contributed by atoms with van der Waals surface area (Å²) in [6, 6.07) is 20.5. The molecule has 0 spiro atoms. The van der Waals surface area contributed by atoms with Crippen LogP contribution in [0.15, 0.2) is 82.6 Å². The Hall–Kier alpha value is -4.06. The second-order valence-electron chi connectivity index (χ2n) is 9.37. The van der Waals surface area contributed by atoms with Gasteiger partial charge in [0.1, 0.15) is 16.7 Å². The number of hydrogen-bond acceptors (Lipinski definition) is 8. The van der Waals surface area contributed by atoms with E-state index in [4.69, 9.17) is 21.1 Å². The van der Waals surface area contributed by atoms with E-state index < -0.39 is 17.1 Å². The van der Waals surface area contributed by atoms with Gasteiger partial charge in [-0.1, -0.05) is 46.8 Å². The first-order valence-corrected chi connectivity index (χ1v) is 14.6. The number of benzene rings is 3. The lowest BCUT2D eigenvalue weighted by Gasteiger charge is -2.29. The zero-order valence-corrected chi connectivity index (χ0v) is 23.8. The van der Waals surface area contributed by atoms with Gasteiger partial charge in [-0.3, -0.25) is 19.2 Å². The largest absolute Gasteiger partial charge is 0.497 e. The van der Waals surface area contributed by atoms with E-state index in [0.29, 0.717) is 37.8 Å². The molecular weight excluding hydrogens is 586 g/mol. The smallest absolute Gasteiger partial charge is 0.305 e. The van der Waals surface area contributed by atoms with E-state index >= 15 is 0 Å². The lowest BCUT2D eigenvalue weighted by molar-refractivity contribution is -0.122. The zero-order chi connectivity index (χ0) is 28.7. The molecule has 0 radical (unpaired) electrons. The van der Waals surface area contributed by atoms with Crippen LogP contribution in [0.3, 0.4) is 0 Å². The predicted molar refractivity (Wildman–Crippen MR) is 157 cm³/mol. The third kappa shape index (κ3) is 5.23. The van der Waals surface area contributed by atoms with Gasteiger partial charge in [0.15, 0.2) is 6.61 Å². The number of imide groups is 1. The highest BCUT2D eigenvalue weighted by Crippen LogP contribution is 2.53. The maximum absolute atomic E-state index is 13.8. The maximum atomic E-state index is 13.8. The highest BCUT2D eigenvalue weighted by Gasteiger charge is 2.56. The zero-order valence-electron chi connectivity index (χ0n) is 21.5. The van der Waals surface area contributed by atoms with Gasteiger partial charge in [0.2, 0.25) is 11.8 Å². The van der Waals surface area contributed by atoms with E-state index in [1.807, 2.05) is 0 Å². The molecule has 41 heavy (non-hydrogen) atoms. The lowest BCUT2D eigenvalue weighted by Crippen LogP contribution is -2.32. The average molecular weight is 608 g/mol. The van der Waals surface area contributed by atoms with E-state index in [9.17, 15) is 19.2 Å². The number of anilines is 2. The Morgan fingerprint density at radius 2 is 1.63 bits per heavy atom. The normalized spacial score (nSPS) is 19.5. The summed E-state index contributed by atoms with van der Waals surface area (Å²) in [6.07, 6.45) is 0. The molecule has 9 nitrogen and oxygen atoms in total. The molecule has 208 valence electrons. The summed E-state index contributed by atoms with van der Waals surface area (Å²) in [6.45, 7) is -0.206. The molecule has 2 aliphatic rings. The van der Waals surface area contributed by atoms with Crippen molar-refractivity contribution in [2.45, 2.75) is 16.2 Å². The number of ether oxygens (including phenoxy) is 2. The fourth-order valence-electron chi connectivity index (χ4n) is 5.01. The molecule has 6 rings (SSSR count). The van der Waals surface area contributed by atoms with Crippen LogP contribution in [0.2, 0.25) is 5.02 Å². The molecular formula is C29H22ClN3O6S2. The molecule has 0 bridgehead atoms. The summed E-state index contributed by atoms with van der Waals surface area (Å²) in [5, 5.41) is 3.16. The van der Waals surface area contributed by atoms with Crippen molar-refractivity contribution < 1.29 is 23.9 Å². The number of halogens is 1. The highest BCUT2D eigenvalue weighted by atomic mass is 35.5. The molecule has 2 unspecified atom stereocenters. The summed E-state index contributed by atoms with van der Waals surface area (Å²) in [5.41, 5.74) is 1.82. The summed E-state index contributed by atoms with van der Waals surface area (Å²) >= 11 is 8.28. The fourth-order valence-corrected chi connectivity index (χ4v) is 7.65. The van der Waals surface area contributed by atoms with E-state index in [0.717, 1.165) is 16.9 Å². The van der Waals surface area contributed by atoms with Crippen LogP contribution >= 0.6 is 34.7 Å². The van der Waals surface area contributed by atoms with Crippen molar-refractivity contribution in [1.29, 1.82) is 0 Å². The number of hydrogen-bond donors (Lipinski definition) is 2. The molecule has 3 atom stereocenters. The number of thioether (sulfide) groups is 1. The van der Waals surface area contributed by atoms with E-state index in [-0.39, 0.29) is 29.2 Å². The number of nitrogens with one attached hydrogen (secondary N) is 2. The number of amides is 3. The molecule has 1 aromatic heterocycles. The number of aromatic nitrogens is 1. The van der Waals surface area contributed by atoms with Crippen LogP contribution in [0.25, 0.3) is 0 Å². The topological polar surface area (TPSA) is 118 Å². The molecule has 12 heteroatoms. The number of aromatic amines is 1. The van der Waals surface area contributed by atoms with E-state index in [2.05, 4.69) is 10.3 Å². The minimum atomic E-state index is -0.704. The van der Waals surface area contributed by atoms with E-state index in [1.54, 1.807) is 79.9 Å². The van der Waals surface area contributed by atoms with Gasteiger partial charge >= 0.3 is 4.87 Å². The quantitative estimate of drug-likeness (QED) is 0.287. The van der Waals surface area contributed by atoms with Gasteiger partial charge < -0.3 is 19.8 Å². The second-order valence-corrected chi connectivity index (χ2v) is 12.0. The van der Waals surface area contributed by atoms with Gasteiger partial charge in [-0.25, -0.2) is 4.90 Å². The first-order chi connectivity index (χ1) is 19.8. The standard InChI is InChI=1S/C29H22ClN3O6S2/c1-38-19-12-6-17(7-13-19)31-21(34)14-39-20-10-2-15(3-11-20)22-23-25(40-26-24(22)41-29(37)32-26)28(36)33(27(23)35)18-8-4-16(30)5-9-18/h2-13,22-23,25H,14H2,1H3,(H,31,34)(H,32,37)/t22-,23?,25?/m1/s1. The fraction of sp³-hybridized carbons (Fsp3) is 0.172. The van der Waals surface area contributed by atoms with Crippen LogP contribution in [-0.4, -0.2) is 41.7 Å². The van der Waals surface area contributed by atoms with Crippen molar-refractivity contribution in [3.8, 4) is 11.5 Å². The van der Waals surface area contributed by atoms with Gasteiger partial charge in [-0.15, -0.1) is 0 Å². The summed E-state index contributed by atoms with van der Waals surface area (Å²) in [4.78, 5) is 56.4. The van der Waals surface area contributed by atoms with Crippen LogP contribution in [0.1, 0.15) is 16.4 Å². The minimum absolute atomic E-state index is 0.206. The average Bonchev–Trinajstić information content (AvgIpc) is 3.47. The van der Waals surface area contributed by atoms with E-state index in [1.165, 1.54) is 16.7 Å². The highest BCUT2D eigenvalue weighted by molar-refractivity contribution is 8.00. The Kier molecular flexibility index (Phi) is 7.33. The number of thiazole rings is 1. The number of methoxy groups -OCH3 is 1. The number of rotatable bonds is 7. The van der Waals surface area contributed by atoms with Crippen molar-refractivity contribution >= 4 is 63.8 Å². The van der Waals surface area contributed by atoms with Crippen LogP contribution in [0, 0.1) is 5.92 Å². The Labute approximate surface area is 247 Å². The van der Waals surface area contributed by atoms with Crippen molar-refractivity contribution in [2.24, 2.45) is 5.92 Å². The monoisotopic (exact) mass is 607 g/mol. The van der Waals surface area contributed by atoms with Gasteiger partial charge in [0.25, 0.3) is 5.91 Å². The van der Waals surface area contributed by atoms with Crippen molar-refractivity contribution in [2.75, 3.05) is 23.9 Å². The SMILES string of the molecule is COc1ccc(NC(=O)COc2ccc([C@H]3c4sc(=O)[nH]c4SC4C(=O)N(c5ccc(Cl)cc5)C(=O)C43)cc2)cc1. The molecule has 3 aromatic carbocycles. The minimum Gasteiger partial charge on any atom is -0.497 e. The van der Waals surface area contributed by atoms with Gasteiger partial charge in [0, 0.05) is 21.5 Å². The molecule has 2 N–H and O–H groups in total. The number of carbonyl (C=O) groups is 3. The van der Waals surface area contributed by atoms with Gasteiger partial charge in [-0.2, -0.15) is 0 Å². The third-order valence-corrected chi connectivity index (χ3v) is 9.54. The Bertz CT molecular complexity index is 1690. The number of nitrogens with zero attached hydrogens (tertiary/aromatic N) is 1. The molecule has 4 aromatic rings.